The number of benzene rings is 2. The summed E-state index contributed by atoms with van der Waals surface area (Å²) >= 11 is 3.35. The first-order valence-electron chi connectivity index (χ1n) is 8.91. The zero-order chi connectivity index (χ0) is 20.7. The van der Waals surface area contributed by atoms with Crippen LogP contribution in [0.5, 0.6) is 17.2 Å². The zero-order valence-corrected chi connectivity index (χ0v) is 18.0. The van der Waals surface area contributed by atoms with Gasteiger partial charge in [-0.2, -0.15) is 5.10 Å². The maximum absolute atomic E-state index is 11.9. The van der Waals surface area contributed by atoms with E-state index in [-0.39, 0.29) is 17.8 Å². The summed E-state index contributed by atoms with van der Waals surface area (Å²) in [5.74, 6) is 0.499. The van der Waals surface area contributed by atoms with Gasteiger partial charge in [0, 0.05) is 10.0 Å². The topological polar surface area (TPSA) is 80.2 Å². The van der Waals surface area contributed by atoms with Gasteiger partial charge in [-0.1, -0.05) is 48.8 Å². The molecule has 6 nitrogen and oxygen atoms in total. The third-order valence-electron chi connectivity index (χ3n) is 3.85. The van der Waals surface area contributed by atoms with Gasteiger partial charge in [0.05, 0.1) is 12.8 Å². The van der Waals surface area contributed by atoms with Crippen molar-refractivity contribution in [2.24, 2.45) is 5.10 Å². The smallest absolute Gasteiger partial charge is 0.277 e. The van der Waals surface area contributed by atoms with Crippen LogP contribution in [0.3, 0.4) is 0 Å². The lowest BCUT2D eigenvalue weighted by Crippen LogP contribution is -2.24. The number of nitrogens with zero attached hydrogens (tertiary/aromatic N) is 1. The summed E-state index contributed by atoms with van der Waals surface area (Å²) in [5, 5.41) is 14.0. The van der Waals surface area contributed by atoms with Gasteiger partial charge in [0.1, 0.15) is 5.75 Å². The van der Waals surface area contributed by atoms with Crippen molar-refractivity contribution in [2.75, 3.05) is 13.2 Å². The van der Waals surface area contributed by atoms with E-state index in [2.05, 4.69) is 47.2 Å². The molecule has 28 heavy (non-hydrogen) atoms. The Morgan fingerprint density at radius 3 is 2.50 bits per heavy atom. The van der Waals surface area contributed by atoms with Crippen LogP contribution in [0.15, 0.2) is 46.0 Å². The minimum absolute atomic E-state index is 0.0433. The number of ether oxygens (including phenoxy) is 2. The molecule has 0 aliphatic carbocycles. The number of hydrazone groups is 1. The summed E-state index contributed by atoms with van der Waals surface area (Å²) in [6.07, 6.45) is 1.35. The van der Waals surface area contributed by atoms with E-state index in [0.717, 1.165) is 4.47 Å². The Morgan fingerprint density at radius 2 is 1.89 bits per heavy atom. The van der Waals surface area contributed by atoms with Crippen molar-refractivity contribution in [3.8, 4) is 17.2 Å². The lowest BCUT2D eigenvalue weighted by Gasteiger charge is -2.19. The van der Waals surface area contributed by atoms with Crippen molar-refractivity contribution in [3.63, 3.8) is 0 Å². The Labute approximate surface area is 173 Å². The van der Waals surface area contributed by atoms with Crippen LogP contribution in [0, 0.1) is 0 Å². The molecule has 2 aromatic rings. The quantitative estimate of drug-likeness (QED) is 0.486. The van der Waals surface area contributed by atoms with Crippen LogP contribution in [0.25, 0.3) is 0 Å². The van der Waals surface area contributed by atoms with Crippen LogP contribution in [-0.2, 0) is 10.2 Å². The first kappa shape index (κ1) is 21.8. The fraction of sp³-hybridized carbons (Fsp3) is 0.333. The highest BCUT2D eigenvalue weighted by molar-refractivity contribution is 9.10. The van der Waals surface area contributed by atoms with E-state index >= 15 is 0 Å². The molecule has 0 radical (unpaired) electrons. The fourth-order valence-corrected chi connectivity index (χ4v) is 2.82. The molecule has 0 aliphatic rings. The molecule has 0 aromatic heterocycles. The third kappa shape index (κ3) is 6.27. The number of aromatic hydroxyl groups is 1. The Kier molecular flexibility index (Phi) is 7.45. The highest BCUT2D eigenvalue weighted by Gasteiger charge is 2.13. The Hall–Kier alpha value is -2.54. The average molecular weight is 449 g/mol. The molecule has 0 unspecified atom stereocenters. The monoisotopic (exact) mass is 448 g/mol. The lowest BCUT2D eigenvalue weighted by atomic mass is 9.87. The predicted octanol–water partition coefficient (Wildman–Crippen LogP) is 4.38. The minimum Gasteiger partial charge on any atom is -0.504 e. The number of carbonyl (C=O) groups excluding carboxylic acids is 1. The molecule has 2 rings (SSSR count). The summed E-state index contributed by atoms with van der Waals surface area (Å²) in [6, 6.07) is 11.0. The van der Waals surface area contributed by atoms with Gasteiger partial charge < -0.3 is 14.6 Å². The standard InChI is InChI=1S/C21H25BrN2O4/c1-5-27-18-11-16(22)10-14(20(18)26)12-23-24-19(25)13-28-17-8-6-15(7-9-17)21(2,3)4/h6-12,26H,5,13H2,1-4H3,(H,24,25). The molecule has 7 heteroatoms. The Morgan fingerprint density at radius 1 is 1.21 bits per heavy atom. The largest absolute Gasteiger partial charge is 0.504 e. The number of hydrogen-bond donors (Lipinski definition) is 2. The molecule has 150 valence electrons. The number of phenolic OH excluding ortho intramolecular Hbond substituents is 1. The Bertz CT molecular complexity index is 843. The highest BCUT2D eigenvalue weighted by atomic mass is 79.9. The second-order valence-corrected chi connectivity index (χ2v) is 8.05. The number of nitrogens with one attached hydrogen (secondary N) is 1. The normalized spacial score (nSPS) is 11.5. The number of carbonyl (C=O) groups is 1. The van der Waals surface area contributed by atoms with E-state index < -0.39 is 5.91 Å². The van der Waals surface area contributed by atoms with Crippen molar-refractivity contribution in [2.45, 2.75) is 33.1 Å². The van der Waals surface area contributed by atoms with Gasteiger partial charge >= 0.3 is 0 Å². The fourth-order valence-electron chi connectivity index (χ4n) is 2.36. The lowest BCUT2D eigenvalue weighted by molar-refractivity contribution is -0.123. The first-order chi connectivity index (χ1) is 13.2. The van der Waals surface area contributed by atoms with Gasteiger partial charge in [-0.05, 0) is 42.2 Å². The van der Waals surface area contributed by atoms with E-state index in [9.17, 15) is 9.90 Å². The van der Waals surface area contributed by atoms with E-state index in [1.54, 1.807) is 12.1 Å². The SMILES string of the molecule is CCOc1cc(Br)cc(C=NNC(=O)COc2ccc(C(C)(C)C)cc2)c1O. The number of phenols is 1. The molecular formula is C21H25BrN2O4. The summed E-state index contributed by atoms with van der Waals surface area (Å²) < 4.78 is 11.5. The molecule has 0 fully saturated rings. The van der Waals surface area contributed by atoms with Crippen molar-refractivity contribution in [1.29, 1.82) is 0 Å². The summed E-state index contributed by atoms with van der Waals surface area (Å²) in [7, 11) is 0. The van der Waals surface area contributed by atoms with Crippen LogP contribution < -0.4 is 14.9 Å². The molecule has 0 bridgehead atoms. The van der Waals surface area contributed by atoms with Crippen LogP contribution >= 0.6 is 15.9 Å². The van der Waals surface area contributed by atoms with Gasteiger partial charge in [-0.15, -0.1) is 0 Å². The Balaban J connectivity index is 1.90. The highest BCUT2D eigenvalue weighted by Crippen LogP contribution is 2.32. The second-order valence-electron chi connectivity index (χ2n) is 7.13. The molecule has 1 amide bonds. The van der Waals surface area contributed by atoms with E-state index in [1.807, 2.05) is 31.2 Å². The maximum atomic E-state index is 11.9. The third-order valence-corrected chi connectivity index (χ3v) is 4.31. The molecule has 2 aromatic carbocycles. The number of rotatable bonds is 7. The van der Waals surface area contributed by atoms with E-state index in [1.165, 1.54) is 11.8 Å². The van der Waals surface area contributed by atoms with E-state index in [0.29, 0.717) is 23.7 Å². The van der Waals surface area contributed by atoms with E-state index in [4.69, 9.17) is 9.47 Å². The predicted molar refractivity (Wildman–Crippen MR) is 113 cm³/mol. The van der Waals surface area contributed by atoms with Crippen molar-refractivity contribution in [3.05, 3.63) is 52.0 Å². The maximum Gasteiger partial charge on any atom is 0.277 e. The van der Waals surface area contributed by atoms with Crippen LogP contribution in [0.4, 0.5) is 0 Å². The first-order valence-corrected chi connectivity index (χ1v) is 9.70. The number of amides is 1. The van der Waals surface area contributed by atoms with Crippen molar-refractivity contribution in [1.82, 2.24) is 5.43 Å². The molecule has 0 atom stereocenters. The van der Waals surface area contributed by atoms with Gasteiger partial charge in [0.25, 0.3) is 5.91 Å². The molecule has 0 saturated carbocycles. The molecule has 0 spiro atoms. The zero-order valence-electron chi connectivity index (χ0n) is 16.5. The summed E-state index contributed by atoms with van der Waals surface area (Å²) in [6.45, 7) is 8.48. The van der Waals surface area contributed by atoms with Crippen LogP contribution in [0.1, 0.15) is 38.8 Å². The van der Waals surface area contributed by atoms with Crippen molar-refractivity contribution >= 4 is 28.1 Å². The summed E-state index contributed by atoms with van der Waals surface area (Å²) in [5.41, 5.74) is 4.04. The molecule has 2 N–H and O–H groups in total. The molecule has 0 saturated heterocycles. The number of hydrogen-bond acceptors (Lipinski definition) is 5. The minimum atomic E-state index is -0.407. The van der Waals surface area contributed by atoms with Gasteiger partial charge in [-0.3, -0.25) is 4.79 Å². The molecule has 0 aliphatic heterocycles. The molecular weight excluding hydrogens is 424 g/mol. The molecule has 0 heterocycles. The summed E-state index contributed by atoms with van der Waals surface area (Å²) in [4.78, 5) is 11.9. The average Bonchev–Trinajstić information content (AvgIpc) is 2.63. The van der Waals surface area contributed by atoms with Crippen molar-refractivity contribution < 1.29 is 19.4 Å². The van der Waals surface area contributed by atoms with Crippen LogP contribution in [-0.4, -0.2) is 30.4 Å². The van der Waals surface area contributed by atoms with Gasteiger partial charge in [0.2, 0.25) is 0 Å². The van der Waals surface area contributed by atoms with Crippen LogP contribution in [0.2, 0.25) is 0 Å². The van der Waals surface area contributed by atoms with Gasteiger partial charge in [0.15, 0.2) is 18.1 Å². The van der Waals surface area contributed by atoms with Gasteiger partial charge in [-0.25, -0.2) is 5.43 Å². The second kappa shape index (κ2) is 9.59. The number of halogens is 1.